The van der Waals surface area contributed by atoms with E-state index >= 15 is 0 Å². The number of likely N-dealkylation sites (tertiary alicyclic amines) is 1. The van der Waals surface area contributed by atoms with Gasteiger partial charge in [0.15, 0.2) is 0 Å². The Bertz CT molecular complexity index is 724. The van der Waals surface area contributed by atoms with Gasteiger partial charge in [-0.25, -0.2) is 4.98 Å². The van der Waals surface area contributed by atoms with Gasteiger partial charge in [-0.1, -0.05) is 0 Å². The van der Waals surface area contributed by atoms with Gasteiger partial charge in [-0.2, -0.15) is 0 Å². The molecule has 0 aliphatic carbocycles. The molecule has 0 unspecified atom stereocenters. The highest BCUT2D eigenvalue weighted by molar-refractivity contribution is 5.99. The molecule has 2 aromatic rings. The van der Waals surface area contributed by atoms with Crippen molar-refractivity contribution >= 4 is 22.8 Å². The maximum absolute atomic E-state index is 12.5. The Morgan fingerprint density at radius 1 is 1.39 bits per heavy atom. The summed E-state index contributed by atoms with van der Waals surface area (Å²) in [5, 5.41) is 2.81. The van der Waals surface area contributed by atoms with Crippen LogP contribution in [0.5, 0.6) is 0 Å². The summed E-state index contributed by atoms with van der Waals surface area (Å²) in [4.78, 5) is 33.9. The first-order chi connectivity index (χ1) is 11.1. The smallest absolute Gasteiger partial charge is 0.251 e. The molecule has 0 saturated carbocycles. The van der Waals surface area contributed by atoms with Crippen LogP contribution < -0.4 is 5.32 Å². The summed E-state index contributed by atoms with van der Waals surface area (Å²) >= 11 is 0. The Balaban J connectivity index is 1.67. The zero-order valence-electron chi connectivity index (χ0n) is 13.5. The molecule has 1 aliphatic rings. The second kappa shape index (κ2) is 6.40. The number of piperidine rings is 1. The van der Waals surface area contributed by atoms with E-state index in [1.807, 2.05) is 4.90 Å². The van der Waals surface area contributed by atoms with Crippen LogP contribution in [-0.4, -0.2) is 45.3 Å². The highest BCUT2D eigenvalue weighted by Gasteiger charge is 2.27. The predicted molar refractivity (Wildman–Crippen MR) is 88.0 cm³/mol. The topological polar surface area (TPSA) is 78.1 Å². The number of carbonyl (C=O) groups excluding carboxylic acids is 2. The van der Waals surface area contributed by atoms with Crippen molar-refractivity contribution in [2.45, 2.75) is 45.2 Å². The molecule has 1 fully saturated rings. The number of imidazole rings is 1. The summed E-state index contributed by atoms with van der Waals surface area (Å²) in [5.41, 5.74) is 2.14. The Hall–Kier alpha value is -2.37. The van der Waals surface area contributed by atoms with Crippen LogP contribution in [0.2, 0.25) is 0 Å². The van der Waals surface area contributed by atoms with Crippen LogP contribution in [0.25, 0.3) is 11.0 Å². The number of carbonyl (C=O) groups is 2. The molecule has 2 amide bonds. The highest BCUT2D eigenvalue weighted by Crippen LogP contribution is 2.17. The Morgan fingerprint density at radius 2 is 2.22 bits per heavy atom. The molecule has 122 valence electrons. The van der Waals surface area contributed by atoms with Gasteiger partial charge in [-0.3, -0.25) is 9.59 Å². The van der Waals surface area contributed by atoms with Crippen molar-refractivity contribution in [1.29, 1.82) is 0 Å². The van der Waals surface area contributed by atoms with Crippen LogP contribution in [0.3, 0.4) is 0 Å². The molecule has 1 saturated heterocycles. The van der Waals surface area contributed by atoms with E-state index in [-0.39, 0.29) is 17.9 Å². The Morgan fingerprint density at radius 3 is 3.00 bits per heavy atom. The maximum Gasteiger partial charge on any atom is 0.251 e. The summed E-state index contributed by atoms with van der Waals surface area (Å²) in [5.74, 6) is -0.250. The molecule has 1 aromatic carbocycles. The van der Waals surface area contributed by atoms with Crippen molar-refractivity contribution in [1.82, 2.24) is 20.2 Å². The fraction of sp³-hybridized carbons (Fsp3) is 0.471. The normalized spacial score (nSPS) is 19.6. The molecule has 1 aromatic heterocycles. The molecule has 6 nitrogen and oxygen atoms in total. The predicted octanol–water partition coefficient (Wildman–Crippen LogP) is 2.08. The molecule has 0 bridgehead atoms. The molecule has 0 radical (unpaired) electrons. The first-order valence-corrected chi connectivity index (χ1v) is 8.11. The molecule has 2 atom stereocenters. The average Bonchev–Trinajstić information content (AvgIpc) is 3.02. The van der Waals surface area contributed by atoms with Crippen LogP contribution >= 0.6 is 0 Å². The number of nitrogens with zero attached hydrogens (tertiary/aromatic N) is 2. The third-order valence-corrected chi connectivity index (χ3v) is 4.49. The quantitative estimate of drug-likeness (QED) is 0.910. The fourth-order valence-electron chi connectivity index (χ4n) is 3.09. The third-order valence-electron chi connectivity index (χ3n) is 4.49. The number of H-pyrrole nitrogens is 1. The number of amides is 2. The number of hydrogen-bond acceptors (Lipinski definition) is 3. The van der Waals surface area contributed by atoms with Crippen LogP contribution in [0, 0.1) is 0 Å². The van der Waals surface area contributed by atoms with Crippen molar-refractivity contribution in [3.63, 3.8) is 0 Å². The van der Waals surface area contributed by atoms with Crippen LogP contribution in [-0.2, 0) is 4.79 Å². The van der Waals surface area contributed by atoms with Gasteiger partial charge >= 0.3 is 0 Å². The molecule has 2 heterocycles. The zero-order valence-corrected chi connectivity index (χ0v) is 13.5. The van der Waals surface area contributed by atoms with E-state index in [0.717, 1.165) is 36.8 Å². The number of nitrogens with one attached hydrogen (secondary N) is 2. The van der Waals surface area contributed by atoms with Crippen LogP contribution in [0.4, 0.5) is 0 Å². The summed E-state index contributed by atoms with van der Waals surface area (Å²) in [6, 6.07) is 4.98. The molecular formula is C17H22N4O2. The average molecular weight is 314 g/mol. The summed E-state index contributed by atoms with van der Waals surface area (Å²) < 4.78 is 0. The van der Waals surface area contributed by atoms with Crippen molar-refractivity contribution in [2.75, 3.05) is 6.54 Å². The van der Waals surface area contributed by atoms with E-state index in [0.29, 0.717) is 5.56 Å². The Labute approximate surface area is 135 Å². The van der Waals surface area contributed by atoms with Gasteiger partial charge in [0.25, 0.3) is 5.91 Å². The SMILES string of the molecule is C[C@H](NC(=O)c1ccc2nc[nH]c2c1)C(=O)N1CCCC[C@@H]1C. The zero-order chi connectivity index (χ0) is 16.4. The fourth-order valence-corrected chi connectivity index (χ4v) is 3.09. The van der Waals surface area contributed by atoms with Crippen molar-refractivity contribution in [2.24, 2.45) is 0 Å². The number of aromatic amines is 1. The molecule has 23 heavy (non-hydrogen) atoms. The van der Waals surface area contributed by atoms with E-state index in [1.165, 1.54) is 0 Å². The van der Waals surface area contributed by atoms with Crippen LogP contribution in [0.15, 0.2) is 24.5 Å². The first-order valence-electron chi connectivity index (χ1n) is 8.11. The standard InChI is InChI=1S/C17H22N4O2/c1-11-5-3-4-8-21(11)17(23)12(2)20-16(22)13-6-7-14-15(9-13)19-10-18-14/h6-7,9-12H,3-5,8H2,1-2H3,(H,18,19)(H,20,22)/t11-,12-/m0/s1. The minimum Gasteiger partial charge on any atom is -0.345 e. The second-order valence-corrected chi connectivity index (χ2v) is 6.21. The first kappa shape index (κ1) is 15.5. The van der Waals surface area contributed by atoms with Crippen LogP contribution in [0.1, 0.15) is 43.5 Å². The van der Waals surface area contributed by atoms with Gasteiger partial charge in [0, 0.05) is 18.2 Å². The lowest BCUT2D eigenvalue weighted by atomic mass is 10.0. The van der Waals surface area contributed by atoms with Gasteiger partial charge in [0.05, 0.1) is 17.4 Å². The number of fused-ring (bicyclic) bond motifs is 1. The van der Waals surface area contributed by atoms with Crippen molar-refractivity contribution in [3.8, 4) is 0 Å². The van der Waals surface area contributed by atoms with E-state index in [1.54, 1.807) is 31.5 Å². The van der Waals surface area contributed by atoms with Crippen molar-refractivity contribution < 1.29 is 9.59 Å². The second-order valence-electron chi connectivity index (χ2n) is 6.21. The summed E-state index contributed by atoms with van der Waals surface area (Å²) in [6.45, 7) is 4.59. The summed E-state index contributed by atoms with van der Waals surface area (Å²) in [6.07, 6.45) is 4.82. The molecule has 6 heteroatoms. The lowest BCUT2D eigenvalue weighted by Gasteiger charge is -2.35. The molecule has 0 spiro atoms. The third kappa shape index (κ3) is 3.21. The number of aromatic nitrogens is 2. The molecular weight excluding hydrogens is 292 g/mol. The molecule has 3 rings (SSSR count). The molecule has 1 aliphatic heterocycles. The van der Waals surface area contributed by atoms with Gasteiger partial charge in [0.1, 0.15) is 6.04 Å². The lowest BCUT2D eigenvalue weighted by molar-refractivity contribution is -0.136. The minimum atomic E-state index is -0.527. The number of benzene rings is 1. The van der Waals surface area contributed by atoms with Crippen molar-refractivity contribution in [3.05, 3.63) is 30.1 Å². The van der Waals surface area contributed by atoms with E-state index in [9.17, 15) is 9.59 Å². The maximum atomic E-state index is 12.5. The van der Waals surface area contributed by atoms with Gasteiger partial charge in [-0.05, 0) is 51.3 Å². The monoisotopic (exact) mass is 314 g/mol. The summed E-state index contributed by atoms with van der Waals surface area (Å²) in [7, 11) is 0. The van der Waals surface area contributed by atoms with E-state index in [4.69, 9.17) is 0 Å². The largest absolute Gasteiger partial charge is 0.345 e. The number of hydrogen-bond donors (Lipinski definition) is 2. The highest BCUT2D eigenvalue weighted by atomic mass is 16.2. The minimum absolute atomic E-state index is 0.00633. The lowest BCUT2D eigenvalue weighted by Crippen LogP contribution is -2.51. The van der Waals surface area contributed by atoms with Gasteiger partial charge < -0.3 is 15.2 Å². The number of rotatable bonds is 3. The molecule has 2 N–H and O–H groups in total. The van der Waals surface area contributed by atoms with E-state index < -0.39 is 6.04 Å². The van der Waals surface area contributed by atoms with Gasteiger partial charge in [0.2, 0.25) is 5.91 Å². The van der Waals surface area contributed by atoms with E-state index in [2.05, 4.69) is 22.2 Å². The van der Waals surface area contributed by atoms with Gasteiger partial charge in [-0.15, -0.1) is 0 Å². The Kier molecular flexibility index (Phi) is 4.32.